The molecule has 2 rings (SSSR count). The van der Waals surface area contributed by atoms with Gasteiger partial charge in [-0.05, 0) is 25.2 Å². The van der Waals surface area contributed by atoms with Gasteiger partial charge in [-0.25, -0.2) is 0 Å². The van der Waals surface area contributed by atoms with Crippen molar-refractivity contribution in [2.75, 3.05) is 5.75 Å². The summed E-state index contributed by atoms with van der Waals surface area (Å²) in [6.07, 6.45) is 3.12. The molecular formula is C10H14OS2. The van der Waals surface area contributed by atoms with E-state index in [-0.39, 0.29) is 0 Å². The zero-order valence-corrected chi connectivity index (χ0v) is 9.58. The Balaban J connectivity index is 2.01. The van der Waals surface area contributed by atoms with E-state index in [1.54, 1.807) is 6.26 Å². The maximum atomic E-state index is 5.28. The molecule has 72 valence electrons. The second-order valence-corrected chi connectivity index (χ2v) is 6.13. The summed E-state index contributed by atoms with van der Waals surface area (Å²) >= 11 is 4.06. The van der Waals surface area contributed by atoms with Crippen molar-refractivity contribution < 1.29 is 4.42 Å². The largest absolute Gasteiger partial charge is 0.468 e. The Bertz CT molecular complexity index is 282. The highest BCUT2D eigenvalue weighted by Crippen LogP contribution is 2.39. The van der Waals surface area contributed by atoms with E-state index in [4.69, 9.17) is 4.42 Å². The Morgan fingerprint density at radius 1 is 1.62 bits per heavy atom. The molecule has 0 N–H and O–H groups in total. The van der Waals surface area contributed by atoms with Crippen molar-refractivity contribution in [3.63, 3.8) is 0 Å². The summed E-state index contributed by atoms with van der Waals surface area (Å²) in [5.41, 5.74) is 0. The number of aryl methyl sites for hydroxylation is 1. The van der Waals surface area contributed by atoms with Crippen LogP contribution in [0.4, 0.5) is 0 Å². The molecule has 1 aliphatic heterocycles. The van der Waals surface area contributed by atoms with Crippen LogP contribution in [-0.2, 0) is 0 Å². The Kier molecular flexibility index (Phi) is 2.94. The van der Waals surface area contributed by atoms with E-state index >= 15 is 0 Å². The van der Waals surface area contributed by atoms with Gasteiger partial charge in [0.1, 0.15) is 5.76 Å². The van der Waals surface area contributed by atoms with Crippen LogP contribution in [0.2, 0.25) is 0 Å². The van der Waals surface area contributed by atoms with Crippen LogP contribution in [0.1, 0.15) is 19.1 Å². The normalized spacial score (nSPS) is 28.2. The maximum absolute atomic E-state index is 5.28. The fourth-order valence-corrected chi connectivity index (χ4v) is 4.29. The Labute approximate surface area is 87.7 Å². The van der Waals surface area contributed by atoms with Crippen molar-refractivity contribution in [2.45, 2.75) is 35.7 Å². The Morgan fingerprint density at radius 2 is 2.46 bits per heavy atom. The van der Waals surface area contributed by atoms with Gasteiger partial charge >= 0.3 is 0 Å². The summed E-state index contributed by atoms with van der Waals surface area (Å²) in [6, 6.07) is 2.08. The lowest BCUT2D eigenvalue weighted by Crippen LogP contribution is -2.08. The quantitative estimate of drug-likeness (QED) is 0.747. The van der Waals surface area contributed by atoms with Crippen molar-refractivity contribution in [3.05, 3.63) is 18.1 Å². The fraction of sp³-hybridized carbons (Fsp3) is 0.600. The lowest BCUT2D eigenvalue weighted by atomic mass is 10.3. The van der Waals surface area contributed by atoms with Gasteiger partial charge in [0.05, 0.1) is 6.26 Å². The Morgan fingerprint density at radius 3 is 3.00 bits per heavy atom. The van der Waals surface area contributed by atoms with E-state index in [1.807, 2.05) is 18.7 Å². The van der Waals surface area contributed by atoms with Crippen molar-refractivity contribution in [1.82, 2.24) is 0 Å². The molecule has 1 aromatic heterocycles. The molecule has 0 bridgehead atoms. The van der Waals surface area contributed by atoms with Crippen LogP contribution in [0.25, 0.3) is 0 Å². The molecule has 1 nitrogen and oxygen atoms in total. The molecule has 0 aliphatic carbocycles. The highest BCUT2D eigenvalue weighted by atomic mass is 32.2. The summed E-state index contributed by atoms with van der Waals surface area (Å²) < 4.78 is 5.28. The molecule has 2 heterocycles. The Hall–Kier alpha value is -0.0200. The van der Waals surface area contributed by atoms with Gasteiger partial charge in [-0.1, -0.05) is 6.92 Å². The van der Waals surface area contributed by atoms with E-state index in [9.17, 15) is 0 Å². The van der Waals surface area contributed by atoms with Crippen LogP contribution >= 0.6 is 23.5 Å². The van der Waals surface area contributed by atoms with Crippen molar-refractivity contribution >= 4 is 23.5 Å². The molecular weight excluding hydrogens is 200 g/mol. The SMILES string of the molecule is Cc1occc1S[C@@H]1CCS[C@H]1C. The van der Waals surface area contributed by atoms with Gasteiger partial charge in [-0.15, -0.1) is 11.8 Å². The highest BCUT2D eigenvalue weighted by Gasteiger charge is 2.25. The molecule has 2 atom stereocenters. The van der Waals surface area contributed by atoms with Gasteiger partial charge in [-0.2, -0.15) is 11.8 Å². The highest BCUT2D eigenvalue weighted by molar-refractivity contribution is 8.04. The minimum Gasteiger partial charge on any atom is -0.468 e. The first kappa shape index (κ1) is 9.53. The van der Waals surface area contributed by atoms with Crippen LogP contribution in [0.15, 0.2) is 21.6 Å². The van der Waals surface area contributed by atoms with Gasteiger partial charge < -0.3 is 4.42 Å². The molecule has 0 amide bonds. The molecule has 1 saturated heterocycles. The van der Waals surface area contributed by atoms with Crippen LogP contribution in [-0.4, -0.2) is 16.3 Å². The molecule has 1 aromatic rings. The zero-order valence-electron chi connectivity index (χ0n) is 7.95. The van der Waals surface area contributed by atoms with Crippen LogP contribution in [0.3, 0.4) is 0 Å². The topological polar surface area (TPSA) is 13.1 Å². The van der Waals surface area contributed by atoms with E-state index < -0.39 is 0 Å². The first-order valence-corrected chi connectivity index (χ1v) is 6.52. The van der Waals surface area contributed by atoms with Gasteiger partial charge in [0, 0.05) is 15.4 Å². The number of thioether (sulfide) groups is 2. The standard InChI is InChI=1S/C10H14OS2/c1-7-9(3-5-11-7)13-10-4-6-12-8(10)2/h3,5,8,10H,4,6H2,1-2H3/t8-,10+/m0/s1. The fourth-order valence-electron chi connectivity index (χ4n) is 1.53. The summed E-state index contributed by atoms with van der Waals surface area (Å²) in [6.45, 7) is 4.36. The van der Waals surface area contributed by atoms with Gasteiger partial charge in [0.2, 0.25) is 0 Å². The summed E-state index contributed by atoms with van der Waals surface area (Å²) in [4.78, 5) is 1.32. The minimum absolute atomic E-state index is 0.779. The van der Waals surface area contributed by atoms with Crippen molar-refractivity contribution in [1.29, 1.82) is 0 Å². The first-order chi connectivity index (χ1) is 6.27. The van der Waals surface area contributed by atoms with Gasteiger partial charge in [0.15, 0.2) is 0 Å². The van der Waals surface area contributed by atoms with Gasteiger partial charge in [-0.3, -0.25) is 0 Å². The third kappa shape index (κ3) is 2.08. The molecule has 0 spiro atoms. The molecule has 13 heavy (non-hydrogen) atoms. The smallest absolute Gasteiger partial charge is 0.114 e. The first-order valence-electron chi connectivity index (χ1n) is 4.59. The van der Waals surface area contributed by atoms with E-state index in [0.717, 1.165) is 16.3 Å². The molecule has 3 heteroatoms. The van der Waals surface area contributed by atoms with Crippen LogP contribution in [0.5, 0.6) is 0 Å². The van der Waals surface area contributed by atoms with E-state index in [0.29, 0.717) is 0 Å². The van der Waals surface area contributed by atoms with E-state index in [1.165, 1.54) is 17.1 Å². The van der Waals surface area contributed by atoms with Crippen molar-refractivity contribution in [2.24, 2.45) is 0 Å². The average Bonchev–Trinajstić information content (AvgIpc) is 2.65. The second kappa shape index (κ2) is 4.01. The molecule has 0 unspecified atom stereocenters. The second-order valence-electron chi connectivity index (χ2n) is 3.36. The average molecular weight is 214 g/mol. The minimum atomic E-state index is 0.779. The molecule has 0 aromatic carbocycles. The van der Waals surface area contributed by atoms with E-state index in [2.05, 4.69) is 24.8 Å². The monoisotopic (exact) mass is 214 g/mol. The maximum Gasteiger partial charge on any atom is 0.114 e. The number of rotatable bonds is 2. The number of hydrogen-bond acceptors (Lipinski definition) is 3. The summed E-state index contributed by atoms with van der Waals surface area (Å²) in [5, 5.41) is 1.57. The zero-order chi connectivity index (χ0) is 9.26. The predicted molar refractivity (Wildman–Crippen MR) is 59.6 cm³/mol. The van der Waals surface area contributed by atoms with Gasteiger partial charge in [0.25, 0.3) is 0 Å². The summed E-state index contributed by atoms with van der Waals surface area (Å²) in [7, 11) is 0. The lowest BCUT2D eigenvalue weighted by Gasteiger charge is -2.12. The third-order valence-corrected chi connectivity index (χ3v) is 5.52. The van der Waals surface area contributed by atoms with Crippen LogP contribution < -0.4 is 0 Å². The molecule has 1 fully saturated rings. The number of hydrogen-bond donors (Lipinski definition) is 0. The lowest BCUT2D eigenvalue weighted by molar-refractivity contribution is 0.526. The number of furan rings is 1. The summed E-state index contributed by atoms with van der Waals surface area (Å²) in [5.74, 6) is 2.38. The molecule has 0 radical (unpaired) electrons. The molecule has 1 aliphatic rings. The predicted octanol–water partition coefficient (Wildman–Crippen LogP) is 3.57. The molecule has 0 saturated carbocycles. The van der Waals surface area contributed by atoms with Crippen LogP contribution in [0, 0.1) is 6.92 Å². The van der Waals surface area contributed by atoms with Crippen molar-refractivity contribution in [3.8, 4) is 0 Å². The third-order valence-electron chi connectivity index (χ3n) is 2.40.